The molecule has 0 radical (unpaired) electrons. The van der Waals surface area contributed by atoms with Gasteiger partial charge in [0.25, 0.3) is 0 Å². The lowest BCUT2D eigenvalue weighted by atomic mass is 10.1. The molecule has 19 heavy (non-hydrogen) atoms. The van der Waals surface area contributed by atoms with Crippen molar-refractivity contribution in [1.82, 2.24) is 4.90 Å². The largest absolute Gasteiger partial charge is 0.388 e. The van der Waals surface area contributed by atoms with Crippen molar-refractivity contribution in [3.8, 4) is 0 Å². The molecule has 3 unspecified atom stereocenters. The van der Waals surface area contributed by atoms with Gasteiger partial charge in [-0.05, 0) is 24.1 Å². The third-order valence-electron chi connectivity index (χ3n) is 3.47. The summed E-state index contributed by atoms with van der Waals surface area (Å²) in [5.41, 5.74) is 0.800. The van der Waals surface area contributed by atoms with Crippen molar-refractivity contribution in [3.05, 3.63) is 35.6 Å². The zero-order valence-corrected chi connectivity index (χ0v) is 12.4. The third-order valence-corrected chi connectivity index (χ3v) is 4.70. The van der Waals surface area contributed by atoms with Crippen LogP contribution in [0.4, 0.5) is 4.39 Å². The number of benzene rings is 1. The second kappa shape index (κ2) is 6.73. The summed E-state index contributed by atoms with van der Waals surface area (Å²) < 4.78 is 12.8. The molecule has 0 aliphatic carbocycles. The van der Waals surface area contributed by atoms with Gasteiger partial charge in [-0.15, -0.1) is 0 Å². The second-order valence-corrected chi connectivity index (χ2v) is 7.25. The van der Waals surface area contributed by atoms with Crippen LogP contribution in [-0.4, -0.2) is 40.1 Å². The Bertz CT molecular complexity index is 388. The number of rotatable bonds is 4. The molecule has 1 heterocycles. The molecule has 0 spiro atoms. The number of hydrogen-bond acceptors (Lipinski definition) is 3. The quantitative estimate of drug-likeness (QED) is 0.918. The van der Waals surface area contributed by atoms with Crippen molar-refractivity contribution in [2.75, 3.05) is 19.6 Å². The van der Waals surface area contributed by atoms with Crippen LogP contribution >= 0.6 is 11.8 Å². The number of thioether (sulfide) groups is 1. The fourth-order valence-corrected chi connectivity index (χ4v) is 4.01. The van der Waals surface area contributed by atoms with E-state index in [2.05, 4.69) is 18.7 Å². The first kappa shape index (κ1) is 14.8. The fourth-order valence-electron chi connectivity index (χ4n) is 2.62. The molecule has 0 aromatic heterocycles. The van der Waals surface area contributed by atoms with E-state index in [9.17, 15) is 9.50 Å². The Kier molecular flexibility index (Phi) is 5.25. The van der Waals surface area contributed by atoms with Crippen LogP contribution in [0.1, 0.15) is 31.9 Å². The SMILES string of the molecule is CC1CN(CCC(O)c2ccc(F)cc2)CC(C)S1. The van der Waals surface area contributed by atoms with E-state index in [-0.39, 0.29) is 5.82 Å². The smallest absolute Gasteiger partial charge is 0.123 e. The van der Waals surface area contributed by atoms with Crippen molar-refractivity contribution in [2.45, 2.75) is 36.9 Å². The molecule has 106 valence electrons. The molecule has 0 saturated carbocycles. The van der Waals surface area contributed by atoms with Crippen LogP contribution in [0.2, 0.25) is 0 Å². The lowest BCUT2D eigenvalue weighted by molar-refractivity contribution is 0.141. The molecule has 1 fully saturated rings. The maximum absolute atomic E-state index is 12.8. The predicted octanol–water partition coefficient (Wildman–Crippen LogP) is 3.08. The van der Waals surface area contributed by atoms with E-state index >= 15 is 0 Å². The van der Waals surface area contributed by atoms with E-state index in [1.165, 1.54) is 12.1 Å². The Balaban J connectivity index is 1.83. The van der Waals surface area contributed by atoms with Crippen LogP contribution in [0.3, 0.4) is 0 Å². The van der Waals surface area contributed by atoms with Gasteiger partial charge in [0.1, 0.15) is 5.82 Å². The Labute approximate surface area is 119 Å². The summed E-state index contributed by atoms with van der Waals surface area (Å²) in [6.07, 6.45) is 0.205. The van der Waals surface area contributed by atoms with Crippen LogP contribution in [0.5, 0.6) is 0 Å². The summed E-state index contributed by atoms with van der Waals surface area (Å²) in [5.74, 6) is -0.258. The molecule has 0 amide bonds. The standard InChI is InChI=1S/C15H22FNOS/c1-11-9-17(10-12(2)19-11)8-7-15(18)13-3-5-14(16)6-4-13/h3-6,11-12,15,18H,7-10H2,1-2H3. The summed E-state index contributed by atoms with van der Waals surface area (Å²) in [4.78, 5) is 2.42. The minimum atomic E-state index is -0.499. The summed E-state index contributed by atoms with van der Waals surface area (Å²) >= 11 is 2.03. The molecule has 1 aliphatic heterocycles. The molecular weight excluding hydrogens is 261 g/mol. The van der Waals surface area contributed by atoms with Gasteiger partial charge in [-0.2, -0.15) is 11.8 Å². The number of nitrogens with zero attached hydrogens (tertiary/aromatic N) is 1. The lowest BCUT2D eigenvalue weighted by Gasteiger charge is -2.35. The topological polar surface area (TPSA) is 23.5 Å². The minimum absolute atomic E-state index is 0.258. The van der Waals surface area contributed by atoms with Gasteiger partial charge in [0.15, 0.2) is 0 Å². The van der Waals surface area contributed by atoms with Gasteiger partial charge in [0.2, 0.25) is 0 Å². The molecule has 2 nitrogen and oxygen atoms in total. The van der Waals surface area contributed by atoms with Gasteiger partial charge >= 0.3 is 0 Å². The van der Waals surface area contributed by atoms with Crippen LogP contribution in [0.15, 0.2) is 24.3 Å². The number of hydrogen-bond donors (Lipinski definition) is 1. The van der Waals surface area contributed by atoms with E-state index in [4.69, 9.17) is 0 Å². The fraction of sp³-hybridized carbons (Fsp3) is 0.600. The van der Waals surface area contributed by atoms with Gasteiger partial charge in [-0.1, -0.05) is 26.0 Å². The number of aliphatic hydroxyl groups is 1. The third kappa shape index (κ3) is 4.48. The lowest BCUT2D eigenvalue weighted by Crippen LogP contribution is -2.41. The molecule has 4 heteroatoms. The van der Waals surface area contributed by atoms with Crippen molar-refractivity contribution in [1.29, 1.82) is 0 Å². The van der Waals surface area contributed by atoms with E-state index in [1.54, 1.807) is 12.1 Å². The number of halogens is 1. The zero-order valence-electron chi connectivity index (χ0n) is 11.6. The highest BCUT2D eigenvalue weighted by atomic mass is 32.2. The monoisotopic (exact) mass is 283 g/mol. The molecule has 2 rings (SSSR count). The van der Waals surface area contributed by atoms with Gasteiger partial charge in [0.05, 0.1) is 6.10 Å². The molecule has 0 bridgehead atoms. The van der Waals surface area contributed by atoms with Crippen LogP contribution in [0.25, 0.3) is 0 Å². The second-order valence-electron chi connectivity index (χ2n) is 5.37. The van der Waals surface area contributed by atoms with Gasteiger partial charge in [0, 0.05) is 30.1 Å². The average molecular weight is 283 g/mol. The molecular formula is C15H22FNOS. The van der Waals surface area contributed by atoms with Gasteiger partial charge in [-0.3, -0.25) is 0 Å². The highest BCUT2D eigenvalue weighted by Gasteiger charge is 2.22. The summed E-state index contributed by atoms with van der Waals surface area (Å²) in [6.45, 7) is 7.58. The minimum Gasteiger partial charge on any atom is -0.388 e. The Morgan fingerprint density at radius 1 is 1.26 bits per heavy atom. The van der Waals surface area contributed by atoms with Crippen molar-refractivity contribution in [2.24, 2.45) is 0 Å². The van der Waals surface area contributed by atoms with Gasteiger partial charge in [-0.25, -0.2) is 4.39 Å². The molecule has 3 atom stereocenters. The zero-order chi connectivity index (χ0) is 13.8. The van der Waals surface area contributed by atoms with E-state index in [1.807, 2.05) is 11.8 Å². The first-order valence-electron chi connectivity index (χ1n) is 6.86. The van der Waals surface area contributed by atoms with E-state index < -0.39 is 6.10 Å². The molecule has 1 saturated heterocycles. The summed E-state index contributed by atoms with van der Waals surface area (Å²) in [7, 11) is 0. The van der Waals surface area contributed by atoms with Crippen molar-refractivity contribution in [3.63, 3.8) is 0 Å². The molecule has 1 aliphatic rings. The maximum atomic E-state index is 12.8. The van der Waals surface area contributed by atoms with Crippen LogP contribution in [0, 0.1) is 5.82 Å². The normalized spacial score (nSPS) is 26.3. The first-order chi connectivity index (χ1) is 9.04. The Morgan fingerprint density at radius 3 is 2.42 bits per heavy atom. The molecule has 1 N–H and O–H groups in total. The van der Waals surface area contributed by atoms with Crippen molar-refractivity contribution >= 4 is 11.8 Å². The summed E-state index contributed by atoms with van der Waals surface area (Å²) in [5, 5.41) is 11.4. The Morgan fingerprint density at radius 2 is 1.84 bits per heavy atom. The molecule has 1 aromatic carbocycles. The van der Waals surface area contributed by atoms with Crippen LogP contribution < -0.4 is 0 Å². The maximum Gasteiger partial charge on any atom is 0.123 e. The first-order valence-corrected chi connectivity index (χ1v) is 7.80. The average Bonchev–Trinajstić information content (AvgIpc) is 2.36. The van der Waals surface area contributed by atoms with Crippen LogP contribution in [-0.2, 0) is 0 Å². The van der Waals surface area contributed by atoms with Gasteiger partial charge < -0.3 is 10.0 Å². The van der Waals surface area contributed by atoms with E-state index in [0.29, 0.717) is 16.9 Å². The predicted molar refractivity (Wildman–Crippen MR) is 78.9 cm³/mol. The molecule has 1 aromatic rings. The highest BCUT2D eigenvalue weighted by molar-refractivity contribution is 8.00. The van der Waals surface area contributed by atoms with E-state index in [0.717, 1.165) is 25.2 Å². The summed E-state index contributed by atoms with van der Waals surface area (Å²) in [6, 6.07) is 6.13. The Hall–Kier alpha value is -0.580. The van der Waals surface area contributed by atoms with Crippen molar-refractivity contribution < 1.29 is 9.50 Å². The number of aliphatic hydroxyl groups excluding tert-OH is 1. The highest BCUT2D eigenvalue weighted by Crippen LogP contribution is 2.25.